The van der Waals surface area contributed by atoms with E-state index in [2.05, 4.69) is 0 Å². The highest BCUT2D eigenvalue weighted by molar-refractivity contribution is 6.07. The molecule has 1 heterocycles. The summed E-state index contributed by atoms with van der Waals surface area (Å²) in [5.74, 6) is 0.708. The molecule has 0 aromatic heterocycles. The van der Waals surface area contributed by atoms with Crippen LogP contribution in [0.5, 0.6) is 11.5 Å². The summed E-state index contributed by atoms with van der Waals surface area (Å²) in [7, 11) is 0. The Kier molecular flexibility index (Phi) is 4.20. The van der Waals surface area contributed by atoms with Crippen LogP contribution in [-0.2, 0) is 0 Å². The molecule has 0 amide bonds. The van der Waals surface area contributed by atoms with Crippen molar-refractivity contribution in [2.24, 2.45) is 0 Å². The molecular weight excluding hydrogens is 288 g/mol. The van der Waals surface area contributed by atoms with Gasteiger partial charge in [0.1, 0.15) is 0 Å². The zero-order chi connectivity index (χ0) is 16.3. The molecule has 118 valence electrons. The van der Waals surface area contributed by atoms with Crippen molar-refractivity contribution < 1.29 is 14.3 Å². The van der Waals surface area contributed by atoms with Crippen molar-refractivity contribution in [3.8, 4) is 11.5 Å². The first-order valence-electron chi connectivity index (χ1n) is 7.95. The fraction of sp³-hybridized carbons (Fsp3) is 0.250. The van der Waals surface area contributed by atoms with Gasteiger partial charge in [-0.25, -0.2) is 0 Å². The Labute approximate surface area is 136 Å². The summed E-state index contributed by atoms with van der Waals surface area (Å²) in [5.41, 5.74) is 1.60. The minimum atomic E-state index is -0.593. The quantitative estimate of drug-likeness (QED) is 0.584. The average Bonchev–Trinajstić information content (AvgIpc) is 2.99. The maximum absolute atomic E-state index is 12.3. The summed E-state index contributed by atoms with van der Waals surface area (Å²) >= 11 is 0. The van der Waals surface area contributed by atoms with Crippen LogP contribution in [0.25, 0.3) is 6.08 Å². The molecule has 3 rings (SSSR count). The number of benzene rings is 2. The van der Waals surface area contributed by atoms with Crippen molar-refractivity contribution in [2.75, 3.05) is 0 Å². The van der Waals surface area contributed by atoms with Gasteiger partial charge < -0.3 is 9.47 Å². The Morgan fingerprint density at radius 2 is 1.70 bits per heavy atom. The van der Waals surface area contributed by atoms with Gasteiger partial charge in [0.15, 0.2) is 17.3 Å². The SMILES string of the molecule is CCC1(CC)Oc2ccc(C(=O)/C=C/c3ccccc3)cc2O1. The lowest BCUT2D eigenvalue weighted by Gasteiger charge is -2.24. The van der Waals surface area contributed by atoms with Gasteiger partial charge in [-0.2, -0.15) is 0 Å². The Balaban J connectivity index is 1.79. The lowest BCUT2D eigenvalue weighted by Crippen LogP contribution is -2.36. The highest BCUT2D eigenvalue weighted by atomic mass is 16.7. The fourth-order valence-electron chi connectivity index (χ4n) is 2.62. The smallest absolute Gasteiger partial charge is 0.251 e. The van der Waals surface area contributed by atoms with E-state index in [0.29, 0.717) is 17.1 Å². The first kappa shape index (κ1) is 15.3. The van der Waals surface area contributed by atoms with E-state index in [0.717, 1.165) is 18.4 Å². The monoisotopic (exact) mass is 308 g/mol. The number of ketones is 1. The molecule has 0 unspecified atom stereocenters. The molecule has 2 aromatic rings. The lowest BCUT2D eigenvalue weighted by molar-refractivity contribution is -0.0843. The Morgan fingerprint density at radius 3 is 2.39 bits per heavy atom. The first-order valence-corrected chi connectivity index (χ1v) is 7.95. The average molecular weight is 308 g/mol. The highest BCUT2D eigenvalue weighted by Crippen LogP contribution is 2.42. The predicted octanol–water partition coefficient (Wildman–Crippen LogP) is 4.87. The summed E-state index contributed by atoms with van der Waals surface area (Å²) in [4.78, 5) is 12.3. The van der Waals surface area contributed by atoms with E-state index < -0.39 is 5.79 Å². The number of carbonyl (C=O) groups is 1. The Morgan fingerprint density at radius 1 is 1.00 bits per heavy atom. The molecule has 0 spiro atoms. The lowest BCUT2D eigenvalue weighted by atomic mass is 10.1. The molecule has 1 aliphatic rings. The number of fused-ring (bicyclic) bond motifs is 1. The summed E-state index contributed by atoms with van der Waals surface area (Å²) in [6.07, 6.45) is 4.92. The maximum Gasteiger partial charge on any atom is 0.251 e. The summed E-state index contributed by atoms with van der Waals surface area (Å²) in [5, 5.41) is 0. The molecule has 0 saturated heterocycles. The third-order valence-corrected chi connectivity index (χ3v) is 4.12. The van der Waals surface area contributed by atoms with Crippen LogP contribution < -0.4 is 9.47 Å². The van der Waals surface area contributed by atoms with Crippen LogP contribution in [0.1, 0.15) is 42.6 Å². The van der Waals surface area contributed by atoms with Gasteiger partial charge in [-0.3, -0.25) is 4.79 Å². The molecular formula is C20H20O3. The molecule has 0 fully saturated rings. The molecule has 0 atom stereocenters. The molecule has 0 bridgehead atoms. The van der Waals surface area contributed by atoms with E-state index in [4.69, 9.17) is 9.47 Å². The van der Waals surface area contributed by atoms with Crippen LogP contribution in [0.15, 0.2) is 54.6 Å². The Hall–Kier alpha value is -2.55. The second-order valence-corrected chi connectivity index (χ2v) is 5.59. The molecule has 23 heavy (non-hydrogen) atoms. The van der Waals surface area contributed by atoms with Crippen LogP contribution in [0.3, 0.4) is 0 Å². The van der Waals surface area contributed by atoms with Crippen molar-refractivity contribution >= 4 is 11.9 Å². The summed E-state index contributed by atoms with van der Waals surface area (Å²) in [6.45, 7) is 4.06. The molecule has 2 aromatic carbocycles. The number of rotatable bonds is 5. The predicted molar refractivity (Wildman–Crippen MR) is 90.8 cm³/mol. The van der Waals surface area contributed by atoms with Gasteiger partial charge in [-0.05, 0) is 29.8 Å². The number of ether oxygens (including phenoxy) is 2. The molecule has 0 aliphatic carbocycles. The van der Waals surface area contributed by atoms with E-state index in [1.54, 1.807) is 18.2 Å². The molecule has 3 heteroatoms. The molecule has 0 N–H and O–H groups in total. The van der Waals surface area contributed by atoms with E-state index in [-0.39, 0.29) is 5.78 Å². The number of allylic oxidation sites excluding steroid dienone is 1. The number of hydrogen-bond donors (Lipinski definition) is 0. The van der Waals surface area contributed by atoms with Crippen LogP contribution in [0, 0.1) is 0 Å². The van der Waals surface area contributed by atoms with Gasteiger partial charge in [0, 0.05) is 18.4 Å². The highest BCUT2D eigenvalue weighted by Gasteiger charge is 2.38. The third kappa shape index (κ3) is 3.14. The normalized spacial score (nSPS) is 15.0. The van der Waals surface area contributed by atoms with E-state index in [9.17, 15) is 4.79 Å². The molecule has 1 aliphatic heterocycles. The van der Waals surface area contributed by atoms with Gasteiger partial charge in [0.05, 0.1) is 0 Å². The van der Waals surface area contributed by atoms with E-state index in [1.165, 1.54) is 0 Å². The van der Waals surface area contributed by atoms with Gasteiger partial charge >= 0.3 is 0 Å². The minimum absolute atomic E-state index is 0.0502. The zero-order valence-electron chi connectivity index (χ0n) is 13.4. The topological polar surface area (TPSA) is 35.5 Å². The fourth-order valence-corrected chi connectivity index (χ4v) is 2.62. The van der Waals surface area contributed by atoms with E-state index >= 15 is 0 Å². The van der Waals surface area contributed by atoms with E-state index in [1.807, 2.05) is 56.3 Å². The number of carbonyl (C=O) groups excluding carboxylic acids is 1. The van der Waals surface area contributed by atoms with Crippen LogP contribution in [-0.4, -0.2) is 11.6 Å². The van der Waals surface area contributed by atoms with Gasteiger partial charge in [0.2, 0.25) is 0 Å². The molecule has 0 saturated carbocycles. The van der Waals surface area contributed by atoms with Crippen LogP contribution >= 0.6 is 0 Å². The van der Waals surface area contributed by atoms with Crippen LogP contribution in [0.2, 0.25) is 0 Å². The Bertz CT molecular complexity index is 728. The summed E-state index contributed by atoms with van der Waals surface area (Å²) in [6, 6.07) is 15.1. The molecule has 3 nitrogen and oxygen atoms in total. The van der Waals surface area contributed by atoms with Crippen molar-refractivity contribution in [3.05, 3.63) is 65.7 Å². The zero-order valence-corrected chi connectivity index (χ0v) is 13.4. The molecule has 0 radical (unpaired) electrons. The second kappa shape index (κ2) is 6.29. The summed E-state index contributed by atoms with van der Waals surface area (Å²) < 4.78 is 11.9. The van der Waals surface area contributed by atoms with Crippen molar-refractivity contribution in [2.45, 2.75) is 32.5 Å². The number of hydrogen-bond acceptors (Lipinski definition) is 3. The van der Waals surface area contributed by atoms with Gasteiger partial charge in [0.25, 0.3) is 5.79 Å². The van der Waals surface area contributed by atoms with Gasteiger partial charge in [-0.15, -0.1) is 0 Å². The van der Waals surface area contributed by atoms with Crippen molar-refractivity contribution in [1.82, 2.24) is 0 Å². The van der Waals surface area contributed by atoms with Crippen LogP contribution in [0.4, 0.5) is 0 Å². The minimum Gasteiger partial charge on any atom is -0.448 e. The largest absolute Gasteiger partial charge is 0.448 e. The maximum atomic E-state index is 12.3. The second-order valence-electron chi connectivity index (χ2n) is 5.59. The van der Waals surface area contributed by atoms with Crippen molar-refractivity contribution in [1.29, 1.82) is 0 Å². The third-order valence-electron chi connectivity index (χ3n) is 4.12. The van der Waals surface area contributed by atoms with Gasteiger partial charge in [-0.1, -0.05) is 50.3 Å². The first-order chi connectivity index (χ1) is 11.2. The van der Waals surface area contributed by atoms with Crippen molar-refractivity contribution in [3.63, 3.8) is 0 Å². The standard InChI is InChI=1S/C20H20O3/c1-3-20(4-2)22-18-13-11-16(14-19(18)23-20)17(21)12-10-15-8-6-5-7-9-15/h5-14H,3-4H2,1-2H3/b12-10+.